The molecule has 8 nitrogen and oxygen atoms in total. The van der Waals surface area contributed by atoms with E-state index in [2.05, 4.69) is 20.8 Å². The van der Waals surface area contributed by atoms with Gasteiger partial charge in [-0.25, -0.2) is 9.59 Å². The van der Waals surface area contributed by atoms with E-state index in [-0.39, 0.29) is 6.54 Å². The third kappa shape index (κ3) is 4.57. The fraction of sp³-hybridized carbons (Fsp3) is 0.636. The molecule has 3 N–H and O–H groups in total. The Morgan fingerprint density at radius 2 is 2.21 bits per heavy atom. The number of aromatic nitrogens is 3. The summed E-state index contributed by atoms with van der Waals surface area (Å²) in [5.74, 6) is -0.409. The zero-order valence-electron chi connectivity index (χ0n) is 11.1. The number of hydrogen-bond acceptors (Lipinski definition) is 4. The van der Waals surface area contributed by atoms with Gasteiger partial charge in [0.15, 0.2) is 5.82 Å². The van der Waals surface area contributed by atoms with Gasteiger partial charge in [0.05, 0.1) is 6.54 Å². The van der Waals surface area contributed by atoms with Crippen LogP contribution in [0.25, 0.3) is 0 Å². The van der Waals surface area contributed by atoms with Gasteiger partial charge in [-0.15, -0.1) is 10.2 Å². The Kier molecular flexibility index (Phi) is 5.77. The SMILES string of the molecule is CCC[C@@H](NC(=O)NCc1nncn1CC)C(=O)O. The molecule has 0 aliphatic heterocycles. The molecule has 1 rings (SSSR count). The van der Waals surface area contributed by atoms with Crippen molar-refractivity contribution in [1.29, 1.82) is 0 Å². The Bertz CT molecular complexity index is 432. The summed E-state index contributed by atoms with van der Waals surface area (Å²) >= 11 is 0. The summed E-state index contributed by atoms with van der Waals surface area (Å²) < 4.78 is 1.79. The van der Waals surface area contributed by atoms with Crippen LogP contribution < -0.4 is 10.6 Å². The van der Waals surface area contributed by atoms with Crippen molar-refractivity contribution in [2.75, 3.05) is 0 Å². The largest absolute Gasteiger partial charge is 0.480 e. The summed E-state index contributed by atoms with van der Waals surface area (Å²) in [5.41, 5.74) is 0. The second-order valence-electron chi connectivity index (χ2n) is 4.04. The van der Waals surface area contributed by atoms with E-state index in [9.17, 15) is 9.59 Å². The number of nitrogens with one attached hydrogen (secondary N) is 2. The molecule has 1 aromatic rings. The number of aliphatic carboxylic acids is 1. The molecule has 0 unspecified atom stereocenters. The van der Waals surface area contributed by atoms with Crippen LogP contribution in [0.1, 0.15) is 32.5 Å². The summed E-state index contributed by atoms with van der Waals surface area (Å²) in [6.45, 7) is 4.71. The van der Waals surface area contributed by atoms with Crippen molar-refractivity contribution in [2.45, 2.75) is 45.8 Å². The summed E-state index contributed by atoms with van der Waals surface area (Å²) in [7, 11) is 0. The smallest absolute Gasteiger partial charge is 0.326 e. The maximum Gasteiger partial charge on any atom is 0.326 e. The van der Waals surface area contributed by atoms with E-state index in [4.69, 9.17) is 5.11 Å². The van der Waals surface area contributed by atoms with Gasteiger partial charge < -0.3 is 20.3 Å². The van der Waals surface area contributed by atoms with Crippen molar-refractivity contribution in [3.05, 3.63) is 12.2 Å². The van der Waals surface area contributed by atoms with Gasteiger partial charge in [-0.05, 0) is 13.3 Å². The Morgan fingerprint density at radius 1 is 1.47 bits per heavy atom. The third-order valence-electron chi connectivity index (χ3n) is 2.62. The molecule has 0 fully saturated rings. The van der Waals surface area contributed by atoms with Crippen LogP contribution in [0.3, 0.4) is 0 Å². The predicted octanol–water partition coefficient (Wildman–Crippen LogP) is 0.350. The molecule has 1 atom stereocenters. The van der Waals surface area contributed by atoms with E-state index in [1.54, 1.807) is 10.9 Å². The average Bonchev–Trinajstić information content (AvgIpc) is 2.83. The van der Waals surface area contributed by atoms with Crippen molar-refractivity contribution in [1.82, 2.24) is 25.4 Å². The lowest BCUT2D eigenvalue weighted by Crippen LogP contribution is -2.45. The maximum atomic E-state index is 11.6. The standard InChI is InChI=1S/C11H19N5O3/c1-3-5-8(10(17)18)14-11(19)12-6-9-15-13-7-16(9)4-2/h7-8H,3-6H2,1-2H3,(H,17,18)(H2,12,14,19)/t8-/m1/s1. The topological polar surface area (TPSA) is 109 Å². The van der Waals surface area contributed by atoms with E-state index < -0.39 is 18.0 Å². The number of hydrogen-bond donors (Lipinski definition) is 3. The Labute approximate surface area is 111 Å². The lowest BCUT2D eigenvalue weighted by atomic mass is 10.2. The van der Waals surface area contributed by atoms with Crippen molar-refractivity contribution in [3.63, 3.8) is 0 Å². The highest BCUT2D eigenvalue weighted by Crippen LogP contribution is 1.97. The van der Waals surface area contributed by atoms with Crippen LogP contribution in [0.2, 0.25) is 0 Å². The number of aryl methyl sites for hydroxylation is 1. The summed E-state index contributed by atoms with van der Waals surface area (Å²) in [4.78, 5) is 22.5. The minimum Gasteiger partial charge on any atom is -0.480 e. The van der Waals surface area contributed by atoms with E-state index >= 15 is 0 Å². The molecular formula is C11H19N5O3. The van der Waals surface area contributed by atoms with Gasteiger partial charge in [0.25, 0.3) is 0 Å². The van der Waals surface area contributed by atoms with Crippen LogP contribution >= 0.6 is 0 Å². The first-order valence-electron chi connectivity index (χ1n) is 6.22. The van der Waals surface area contributed by atoms with E-state index in [1.807, 2.05) is 13.8 Å². The molecular weight excluding hydrogens is 250 g/mol. The highest BCUT2D eigenvalue weighted by atomic mass is 16.4. The molecule has 0 aliphatic carbocycles. The summed E-state index contributed by atoms with van der Waals surface area (Å²) in [6, 6.07) is -1.39. The number of carbonyl (C=O) groups is 2. The van der Waals surface area contributed by atoms with E-state index in [0.29, 0.717) is 25.2 Å². The minimum atomic E-state index is -1.03. The molecule has 0 spiro atoms. The second kappa shape index (κ2) is 7.34. The van der Waals surface area contributed by atoms with E-state index in [0.717, 1.165) is 0 Å². The quantitative estimate of drug-likeness (QED) is 0.661. The number of amides is 2. The highest BCUT2D eigenvalue weighted by Gasteiger charge is 2.18. The number of carboxylic acid groups (broad SMARTS) is 1. The van der Waals surface area contributed by atoms with Crippen LogP contribution in [-0.2, 0) is 17.9 Å². The second-order valence-corrected chi connectivity index (χ2v) is 4.04. The molecule has 1 aromatic heterocycles. The van der Waals surface area contributed by atoms with Crippen molar-refractivity contribution < 1.29 is 14.7 Å². The molecule has 0 aromatic carbocycles. The Hall–Kier alpha value is -2.12. The predicted molar refractivity (Wildman–Crippen MR) is 67.4 cm³/mol. The maximum absolute atomic E-state index is 11.6. The van der Waals surface area contributed by atoms with Gasteiger partial charge >= 0.3 is 12.0 Å². The van der Waals surface area contributed by atoms with Gasteiger partial charge in [-0.2, -0.15) is 0 Å². The fourth-order valence-corrected chi connectivity index (χ4v) is 1.59. The van der Waals surface area contributed by atoms with Crippen LogP contribution in [-0.4, -0.2) is 37.9 Å². The molecule has 0 saturated heterocycles. The molecule has 106 valence electrons. The molecule has 8 heteroatoms. The average molecular weight is 269 g/mol. The fourth-order valence-electron chi connectivity index (χ4n) is 1.59. The van der Waals surface area contributed by atoms with Gasteiger partial charge in [0.1, 0.15) is 12.4 Å². The van der Waals surface area contributed by atoms with Crippen LogP contribution in [0.4, 0.5) is 4.79 Å². The van der Waals surface area contributed by atoms with E-state index in [1.165, 1.54) is 0 Å². The third-order valence-corrected chi connectivity index (χ3v) is 2.62. The van der Waals surface area contributed by atoms with Gasteiger partial charge in [0, 0.05) is 6.54 Å². The van der Waals surface area contributed by atoms with Crippen molar-refractivity contribution in [2.24, 2.45) is 0 Å². The Morgan fingerprint density at radius 3 is 2.79 bits per heavy atom. The number of carbonyl (C=O) groups excluding carboxylic acids is 1. The van der Waals surface area contributed by atoms with Crippen LogP contribution in [0, 0.1) is 0 Å². The number of urea groups is 1. The first-order valence-corrected chi connectivity index (χ1v) is 6.22. The number of carboxylic acids is 1. The summed E-state index contributed by atoms with van der Waals surface area (Å²) in [6.07, 6.45) is 2.65. The number of rotatable bonds is 7. The molecule has 0 bridgehead atoms. The van der Waals surface area contributed by atoms with Gasteiger partial charge in [-0.1, -0.05) is 13.3 Å². The molecule has 0 saturated carbocycles. The first kappa shape index (κ1) is 14.9. The minimum absolute atomic E-state index is 0.206. The lowest BCUT2D eigenvalue weighted by molar-refractivity contribution is -0.139. The molecule has 2 amide bonds. The molecule has 1 heterocycles. The van der Waals surface area contributed by atoms with Crippen LogP contribution in [0.5, 0.6) is 0 Å². The summed E-state index contributed by atoms with van der Waals surface area (Å²) in [5, 5.41) is 21.5. The first-order chi connectivity index (χ1) is 9.08. The zero-order chi connectivity index (χ0) is 14.3. The highest BCUT2D eigenvalue weighted by molar-refractivity contribution is 5.82. The van der Waals surface area contributed by atoms with Crippen molar-refractivity contribution >= 4 is 12.0 Å². The lowest BCUT2D eigenvalue weighted by Gasteiger charge is -2.14. The normalized spacial score (nSPS) is 11.9. The zero-order valence-corrected chi connectivity index (χ0v) is 11.1. The monoisotopic (exact) mass is 269 g/mol. The van der Waals surface area contributed by atoms with Gasteiger partial charge in [-0.3, -0.25) is 0 Å². The Balaban J connectivity index is 2.44. The molecule has 19 heavy (non-hydrogen) atoms. The number of nitrogens with zero attached hydrogens (tertiary/aromatic N) is 3. The van der Waals surface area contributed by atoms with Crippen molar-refractivity contribution in [3.8, 4) is 0 Å². The van der Waals surface area contributed by atoms with Crippen LogP contribution in [0.15, 0.2) is 6.33 Å². The van der Waals surface area contributed by atoms with Gasteiger partial charge in [0.2, 0.25) is 0 Å². The molecule has 0 radical (unpaired) electrons. The molecule has 0 aliphatic rings.